The summed E-state index contributed by atoms with van der Waals surface area (Å²) in [6, 6.07) is 9.92. The Morgan fingerprint density at radius 3 is 2.72 bits per heavy atom. The van der Waals surface area contributed by atoms with Crippen molar-refractivity contribution in [2.24, 2.45) is 0 Å². The maximum atomic E-state index is 13.8. The molecule has 8 heteroatoms. The van der Waals surface area contributed by atoms with E-state index in [0.29, 0.717) is 20.2 Å². The van der Waals surface area contributed by atoms with Crippen molar-refractivity contribution in [3.8, 4) is 5.75 Å². The van der Waals surface area contributed by atoms with Gasteiger partial charge in [0.1, 0.15) is 11.3 Å². The fraction of sp³-hybridized carbons (Fsp3) is 0.0588. The summed E-state index contributed by atoms with van der Waals surface area (Å²) in [7, 11) is 0. The minimum atomic E-state index is -0.528. The number of nitrogens with zero attached hydrogens (tertiary/aromatic N) is 1. The normalized spacial score (nSPS) is 10.7. The molecule has 3 aromatic rings. The van der Waals surface area contributed by atoms with Crippen LogP contribution in [0, 0.1) is 5.82 Å². The maximum Gasteiger partial charge on any atom is 0.262 e. The minimum absolute atomic E-state index is 0.0923. The summed E-state index contributed by atoms with van der Waals surface area (Å²) >= 11 is 10.0. The molecule has 0 atom stereocenters. The zero-order valence-corrected chi connectivity index (χ0v) is 17.3. The lowest BCUT2D eigenvalue weighted by Gasteiger charge is -2.12. The highest BCUT2D eigenvalue weighted by Crippen LogP contribution is 2.37. The number of aromatic nitrogens is 1. The van der Waals surface area contributed by atoms with Gasteiger partial charge in [0.05, 0.1) is 10.2 Å². The first-order valence-corrected chi connectivity index (χ1v) is 9.44. The summed E-state index contributed by atoms with van der Waals surface area (Å²) in [5.41, 5.74) is 0.709. The van der Waals surface area contributed by atoms with E-state index in [1.807, 2.05) is 18.2 Å². The van der Waals surface area contributed by atoms with Crippen molar-refractivity contribution in [3.05, 3.63) is 61.8 Å². The molecular formula is C17H10Br3FN2O2. The molecule has 1 aromatic heterocycles. The molecule has 4 nitrogen and oxygen atoms in total. The SMILES string of the molecule is O=C(COc1c(Br)cc(Br)c2cccnc12)Nc1ccc(Br)cc1F. The molecule has 128 valence electrons. The predicted octanol–water partition coefficient (Wildman–Crippen LogP) is 5.68. The highest BCUT2D eigenvalue weighted by atomic mass is 79.9. The van der Waals surface area contributed by atoms with E-state index >= 15 is 0 Å². The molecule has 25 heavy (non-hydrogen) atoms. The van der Waals surface area contributed by atoms with Crippen molar-refractivity contribution in [3.63, 3.8) is 0 Å². The Labute approximate surface area is 168 Å². The molecule has 1 heterocycles. The molecule has 0 spiro atoms. The van der Waals surface area contributed by atoms with Gasteiger partial charge in [-0.3, -0.25) is 9.78 Å². The second kappa shape index (κ2) is 7.80. The minimum Gasteiger partial charge on any atom is -0.480 e. The summed E-state index contributed by atoms with van der Waals surface area (Å²) in [4.78, 5) is 16.4. The van der Waals surface area contributed by atoms with Crippen LogP contribution in [0.25, 0.3) is 10.9 Å². The third-order valence-corrected chi connectivity index (χ3v) is 5.04. The Morgan fingerprint density at radius 2 is 1.96 bits per heavy atom. The summed E-state index contributed by atoms with van der Waals surface area (Å²) in [6.45, 7) is -0.276. The number of nitrogens with one attached hydrogen (secondary N) is 1. The molecule has 3 rings (SSSR count). The van der Waals surface area contributed by atoms with Gasteiger partial charge < -0.3 is 10.1 Å². The molecule has 0 saturated carbocycles. The second-order valence-electron chi connectivity index (χ2n) is 5.03. The fourth-order valence-electron chi connectivity index (χ4n) is 2.20. The van der Waals surface area contributed by atoms with Crippen LogP contribution in [0.4, 0.5) is 10.1 Å². The van der Waals surface area contributed by atoms with Crippen LogP contribution >= 0.6 is 47.8 Å². The van der Waals surface area contributed by atoms with Crippen LogP contribution in [0.5, 0.6) is 5.75 Å². The number of benzene rings is 2. The molecule has 0 bridgehead atoms. The van der Waals surface area contributed by atoms with Gasteiger partial charge in [-0.05, 0) is 46.3 Å². The smallest absolute Gasteiger partial charge is 0.262 e. The van der Waals surface area contributed by atoms with Crippen molar-refractivity contribution in [2.45, 2.75) is 0 Å². The highest BCUT2D eigenvalue weighted by molar-refractivity contribution is 9.11. The molecule has 0 saturated heterocycles. The van der Waals surface area contributed by atoms with Gasteiger partial charge in [0.25, 0.3) is 5.91 Å². The van der Waals surface area contributed by atoms with Crippen LogP contribution < -0.4 is 10.1 Å². The van der Waals surface area contributed by atoms with Gasteiger partial charge >= 0.3 is 0 Å². The number of pyridine rings is 1. The number of hydrogen-bond acceptors (Lipinski definition) is 3. The predicted molar refractivity (Wildman–Crippen MR) is 105 cm³/mol. The zero-order valence-electron chi connectivity index (χ0n) is 12.5. The third-order valence-electron chi connectivity index (χ3n) is 3.30. The summed E-state index contributed by atoms with van der Waals surface area (Å²) in [5, 5.41) is 3.34. The van der Waals surface area contributed by atoms with Crippen LogP contribution in [0.2, 0.25) is 0 Å². The van der Waals surface area contributed by atoms with Crippen molar-refractivity contribution >= 4 is 70.3 Å². The Kier molecular flexibility index (Phi) is 5.71. The molecule has 0 aliphatic rings. The van der Waals surface area contributed by atoms with E-state index in [4.69, 9.17) is 4.74 Å². The molecule has 0 radical (unpaired) electrons. The fourth-order valence-corrected chi connectivity index (χ4v) is 3.92. The number of halogens is 4. The van der Waals surface area contributed by atoms with Crippen molar-refractivity contribution in [1.29, 1.82) is 0 Å². The molecular weight excluding hydrogens is 523 g/mol. The molecule has 0 unspecified atom stereocenters. The molecule has 1 amide bonds. The highest BCUT2D eigenvalue weighted by Gasteiger charge is 2.14. The monoisotopic (exact) mass is 530 g/mol. The average Bonchev–Trinajstić information content (AvgIpc) is 2.57. The lowest BCUT2D eigenvalue weighted by Crippen LogP contribution is -2.21. The van der Waals surface area contributed by atoms with Crippen molar-refractivity contribution in [2.75, 3.05) is 11.9 Å². The van der Waals surface area contributed by atoms with Crippen molar-refractivity contribution in [1.82, 2.24) is 4.98 Å². The van der Waals surface area contributed by atoms with Gasteiger partial charge in [-0.1, -0.05) is 37.9 Å². The van der Waals surface area contributed by atoms with E-state index in [9.17, 15) is 9.18 Å². The Morgan fingerprint density at radius 1 is 1.16 bits per heavy atom. The average molecular weight is 533 g/mol. The van der Waals surface area contributed by atoms with E-state index in [2.05, 4.69) is 58.1 Å². The van der Waals surface area contributed by atoms with E-state index in [0.717, 1.165) is 9.86 Å². The zero-order chi connectivity index (χ0) is 18.0. The number of carbonyl (C=O) groups is 1. The quantitative estimate of drug-likeness (QED) is 0.470. The van der Waals surface area contributed by atoms with E-state index in [-0.39, 0.29) is 12.3 Å². The van der Waals surface area contributed by atoms with Crippen LogP contribution in [0.3, 0.4) is 0 Å². The number of amides is 1. The van der Waals surface area contributed by atoms with Gasteiger partial charge in [-0.2, -0.15) is 0 Å². The van der Waals surface area contributed by atoms with E-state index in [1.165, 1.54) is 12.1 Å². The Balaban J connectivity index is 1.77. The molecule has 2 aromatic carbocycles. The van der Waals surface area contributed by atoms with Crippen LogP contribution in [0.15, 0.2) is 56.0 Å². The van der Waals surface area contributed by atoms with Gasteiger partial charge in [0.2, 0.25) is 0 Å². The van der Waals surface area contributed by atoms with Gasteiger partial charge in [0.15, 0.2) is 12.4 Å². The molecule has 1 N–H and O–H groups in total. The molecule has 0 aliphatic carbocycles. The number of anilines is 1. The Hall–Kier alpha value is -1.51. The number of rotatable bonds is 4. The summed E-state index contributed by atoms with van der Waals surface area (Å²) < 4.78 is 21.5. The van der Waals surface area contributed by atoms with Gasteiger partial charge in [-0.15, -0.1) is 0 Å². The van der Waals surface area contributed by atoms with Crippen LogP contribution in [0.1, 0.15) is 0 Å². The first kappa shape index (κ1) is 18.3. The number of fused-ring (bicyclic) bond motifs is 1. The van der Waals surface area contributed by atoms with Gasteiger partial charge in [0, 0.05) is 20.5 Å². The molecule has 0 aliphatic heterocycles. The summed E-state index contributed by atoms with van der Waals surface area (Å²) in [5.74, 6) is -0.551. The maximum absolute atomic E-state index is 13.8. The number of hydrogen-bond donors (Lipinski definition) is 1. The van der Waals surface area contributed by atoms with Crippen LogP contribution in [-0.4, -0.2) is 17.5 Å². The van der Waals surface area contributed by atoms with Crippen molar-refractivity contribution < 1.29 is 13.9 Å². The standard InChI is InChI=1S/C17H10Br3FN2O2/c18-9-3-4-14(13(21)6-9)23-15(24)8-25-17-12(20)7-11(19)10-2-1-5-22-16(10)17/h1-7H,8H2,(H,23,24). The lowest BCUT2D eigenvalue weighted by molar-refractivity contribution is -0.118. The van der Waals surface area contributed by atoms with E-state index < -0.39 is 11.7 Å². The first-order valence-electron chi connectivity index (χ1n) is 7.06. The second-order valence-corrected chi connectivity index (χ2v) is 7.65. The van der Waals surface area contributed by atoms with Crippen LogP contribution in [-0.2, 0) is 4.79 Å². The van der Waals surface area contributed by atoms with Gasteiger partial charge in [-0.25, -0.2) is 4.39 Å². The topological polar surface area (TPSA) is 51.2 Å². The summed E-state index contributed by atoms with van der Waals surface area (Å²) in [6.07, 6.45) is 1.64. The first-order chi connectivity index (χ1) is 12.0. The Bertz CT molecular complexity index is 966. The molecule has 0 fully saturated rings. The van der Waals surface area contributed by atoms with E-state index in [1.54, 1.807) is 12.3 Å². The third kappa shape index (κ3) is 4.19. The number of ether oxygens (including phenoxy) is 1. The number of carbonyl (C=O) groups excluding carboxylic acids is 1. The lowest BCUT2D eigenvalue weighted by atomic mass is 10.2. The largest absolute Gasteiger partial charge is 0.480 e.